The fourth-order valence-electron chi connectivity index (χ4n) is 1.98. The second-order valence-corrected chi connectivity index (χ2v) is 4.93. The molecule has 0 aromatic carbocycles. The predicted octanol–water partition coefficient (Wildman–Crippen LogP) is 1.65. The van der Waals surface area contributed by atoms with Gasteiger partial charge in [0.15, 0.2) is 0 Å². The molecule has 1 N–H and O–H groups in total. The standard InChI is InChI=1S/C12H25NO2/c1-4-7-13-8-5-12(14,6-9-13)10-15-11(2)3/h11,14H,4-10H2,1-3H3. The van der Waals surface area contributed by atoms with E-state index in [0.29, 0.717) is 6.61 Å². The Hall–Kier alpha value is -0.120. The van der Waals surface area contributed by atoms with Crippen LogP contribution in [0.1, 0.15) is 40.0 Å². The quantitative estimate of drug-likeness (QED) is 0.757. The van der Waals surface area contributed by atoms with Gasteiger partial charge in [0.25, 0.3) is 0 Å². The number of likely N-dealkylation sites (tertiary alicyclic amines) is 1. The zero-order chi connectivity index (χ0) is 11.3. The Labute approximate surface area is 93.4 Å². The molecule has 0 unspecified atom stereocenters. The van der Waals surface area contributed by atoms with Crippen LogP contribution in [-0.2, 0) is 4.74 Å². The van der Waals surface area contributed by atoms with Crippen molar-refractivity contribution >= 4 is 0 Å². The SMILES string of the molecule is CCCN1CCC(O)(COC(C)C)CC1. The van der Waals surface area contributed by atoms with Crippen molar-refractivity contribution in [1.29, 1.82) is 0 Å². The molecule has 0 aliphatic carbocycles. The maximum absolute atomic E-state index is 10.3. The number of rotatable bonds is 5. The summed E-state index contributed by atoms with van der Waals surface area (Å²) in [6, 6.07) is 0. The summed E-state index contributed by atoms with van der Waals surface area (Å²) in [5.74, 6) is 0. The van der Waals surface area contributed by atoms with Crippen molar-refractivity contribution in [3.05, 3.63) is 0 Å². The molecule has 3 nitrogen and oxygen atoms in total. The highest BCUT2D eigenvalue weighted by Crippen LogP contribution is 2.23. The third-order valence-corrected chi connectivity index (χ3v) is 3.01. The molecule has 1 rings (SSSR count). The molecule has 0 radical (unpaired) electrons. The summed E-state index contributed by atoms with van der Waals surface area (Å²) in [6.07, 6.45) is 3.10. The molecule has 3 heteroatoms. The minimum atomic E-state index is -0.575. The fourth-order valence-corrected chi connectivity index (χ4v) is 1.98. The van der Waals surface area contributed by atoms with Gasteiger partial charge in [0.2, 0.25) is 0 Å². The van der Waals surface area contributed by atoms with E-state index in [9.17, 15) is 5.11 Å². The maximum atomic E-state index is 10.3. The zero-order valence-corrected chi connectivity index (χ0v) is 10.3. The monoisotopic (exact) mass is 215 g/mol. The molecule has 0 amide bonds. The summed E-state index contributed by atoms with van der Waals surface area (Å²) in [7, 11) is 0. The third-order valence-electron chi connectivity index (χ3n) is 3.01. The van der Waals surface area contributed by atoms with Gasteiger partial charge < -0.3 is 14.7 Å². The summed E-state index contributed by atoms with van der Waals surface area (Å²) in [5, 5.41) is 10.3. The van der Waals surface area contributed by atoms with Crippen LogP contribution in [0.3, 0.4) is 0 Å². The van der Waals surface area contributed by atoms with Crippen molar-refractivity contribution in [3.8, 4) is 0 Å². The van der Waals surface area contributed by atoms with Gasteiger partial charge in [-0.05, 0) is 39.7 Å². The molecule has 0 bridgehead atoms. The molecule has 15 heavy (non-hydrogen) atoms. The van der Waals surface area contributed by atoms with Gasteiger partial charge in [-0.15, -0.1) is 0 Å². The van der Waals surface area contributed by atoms with Crippen LogP contribution in [0.5, 0.6) is 0 Å². The first-order valence-electron chi connectivity index (χ1n) is 6.12. The summed E-state index contributed by atoms with van der Waals surface area (Å²) >= 11 is 0. The summed E-state index contributed by atoms with van der Waals surface area (Å²) < 4.78 is 5.51. The van der Waals surface area contributed by atoms with Crippen molar-refractivity contribution in [2.45, 2.75) is 51.7 Å². The lowest BCUT2D eigenvalue weighted by molar-refractivity contribution is -0.0944. The minimum Gasteiger partial charge on any atom is -0.387 e. The third kappa shape index (κ3) is 4.49. The lowest BCUT2D eigenvalue weighted by Gasteiger charge is -2.38. The van der Waals surface area contributed by atoms with Crippen LogP contribution in [0, 0.1) is 0 Å². The number of aliphatic hydroxyl groups is 1. The minimum absolute atomic E-state index is 0.211. The smallest absolute Gasteiger partial charge is 0.0904 e. The normalized spacial score (nSPS) is 22.2. The zero-order valence-electron chi connectivity index (χ0n) is 10.3. The molecule has 1 fully saturated rings. The van der Waals surface area contributed by atoms with Gasteiger partial charge in [0.1, 0.15) is 0 Å². The fraction of sp³-hybridized carbons (Fsp3) is 1.00. The number of ether oxygens (including phenoxy) is 1. The van der Waals surface area contributed by atoms with Crippen molar-refractivity contribution < 1.29 is 9.84 Å². The average molecular weight is 215 g/mol. The highest BCUT2D eigenvalue weighted by Gasteiger charge is 2.32. The largest absolute Gasteiger partial charge is 0.387 e. The van der Waals surface area contributed by atoms with E-state index in [0.717, 1.165) is 32.5 Å². The van der Waals surface area contributed by atoms with E-state index in [-0.39, 0.29) is 6.10 Å². The van der Waals surface area contributed by atoms with E-state index < -0.39 is 5.60 Å². The predicted molar refractivity (Wildman–Crippen MR) is 62.0 cm³/mol. The van der Waals surface area contributed by atoms with E-state index in [1.165, 1.54) is 6.42 Å². The van der Waals surface area contributed by atoms with Crippen molar-refractivity contribution in [3.63, 3.8) is 0 Å². The van der Waals surface area contributed by atoms with Gasteiger partial charge in [-0.1, -0.05) is 6.92 Å². The summed E-state index contributed by atoms with van der Waals surface area (Å²) in [5.41, 5.74) is -0.575. The lowest BCUT2D eigenvalue weighted by atomic mass is 9.92. The Morgan fingerprint density at radius 1 is 1.33 bits per heavy atom. The lowest BCUT2D eigenvalue weighted by Crippen LogP contribution is -2.47. The first kappa shape index (κ1) is 12.9. The van der Waals surface area contributed by atoms with Gasteiger partial charge >= 0.3 is 0 Å². The van der Waals surface area contributed by atoms with Crippen LogP contribution in [0.25, 0.3) is 0 Å². The number of nitrogens with zero attached hydrogens (tertiary/aromatic N) is 1. The van der Waals surface area contributed by atoms with Crippen LogP contribution >= 0.6 is 0 Å². The Kier molecular flexibility index (Phi) is 5.03. The Morgan fingerprint density at radius 3 is 2.40 bits per heavy atom. The first-order valence-corrected chi connectivity index (χ1v) is 6.12. The van der Waals surface area contributed by atoms with Crippen molar-refractivity contribution in [1.82, 2.24) is 4.90 Å². The van der Waals surface area contributed by atoms with Gasteiger partial charge in [-0.2, -0.15) is 0 Å². The van der Waals surface area contributed by atoms with Crippen LogP contribution in [-0.4, -0.2) is 48.0 Å². The molecule has 1 heterocycles. The maximum Gasteiger partial charge on any atom is 0.0904 e. The van der Waals surface area contributed by atoms with E-state index in [1.807, 2.05) is 13.8 Å². The van der Waals surface area contributed by atoms with Gasteiger partial charge in [-0.25, -0.2) is 0 Å². The number of piperidine rings is 1. The molecule has 1 aliphatic rings. The molecule has 0 aromatic rings. The topological polar surface area (TPSA) is 32.7 Å². The van der Waals surface area contributed by atoms with Gasteiger partial charge in [-0.3, -0.25) is 0 Å². The van der Waals surface area contributed by atoms with Gasteiger partial charge in [0, 0.05) is 13.1 Å². The van der Waals surface area contributed by atoms with Crippen LogP contribution in [0.4, 0.5) is 0 Å². The summed E-state index contributed by atoms with van der Waals surface area (Å²) in [4.78, 5) is 2.42. The number of hydrogen-bond donors (Lipinski definition) is 1. The Bertz CT molecular complexity index is 174. The van der Waals surface area contributed by atoms with Crippen LogP contribution < -0.4 is 0 Å². The molecule has 0 saturated carbocycles. The molecule has 1 saturated heterocycles. The van der Waals surface area contributed by atoms with Crippen molar-refractivity contribution in [2.75, 3.05) is 26.2 Å². The molecule has 0 aromatic heterocycles. The van der Waals surface area contributed by atoms with E-state index in [4.69, 9.17) is 4.74 Å². The van der Waals surface area contributed by atoms with Gasteiger partial charge in [0.05, 0.1) is 18.3 Å². The highest BCUT2D eigenvalue weighted by atomic mass is 16.5. The van der Waals surface area contributed by atoms with E-state index >= 15 is 0 Å². The molecule has 0 atom stereocenters. The average Bonchev–Trinajstić information content (AvgIpc) is 2.20. The molecule has 90 valence electrons. The summed E-state index contributed by atoms with van der Waals surface area (Å²) in [6.45, 7) is 9.87. The van der Waals surface area contributed by atoms with E-state index in [1.54, 1.807) is 0 Å². The molecular formula is C12H25NO2. The second-order valence-electron chi connectivity index (χ2n) is 4.93. The Morgan fingerprint density at radius 2 is 1.93 bits per heavy atom. The van der Waals surface area contributed by atoms with Crippen LogP contribution in [0.15, 0.2) is 0 Å². The number of hydrogen-bond acceptors (Lipinski definition) is 3. The molecule has 1 aliphatic heterocycles. The Balaban J connectivity index is 2.27. The van der Waals surface area contributed by atoms with Crippen LogP contribution in [0.2, 0.25) is 0 Å². The second kappa shape index (κ2) is 5.83. The van der Waals surface area contributed by atoms with Crippen molar-refractivity contribution in [2.24, 2.45) is 0 Å². The highest BCUT2D eigenvalue weighted by molar-refractivity contribution is 4.85. The van der Waals surface area contributed by atoms with E-state index in [2.05, 4.69) is 11.8 Å². The molecule has 0 spiro atoms. The first-order chi connectivity index (χ1) is 7.06. The molecular weight excluding hydrogens is 190 g/mol.